The first-order valence-corrected chi connectivity index (χ1v) is 10.4. The van der Waals surface area contributed by atoms with Gasteiger partial charge in [0.2, 0.25) is 0 Å². The number of unbranched alkanes of at least 4 members (excludes halogenated alkanes) is 1. The summed E-state index contributed by atoms with van der Waals surface area (Å²) in [5, 5.41) is 6.30. The van der Waals surface area contributed by atoms with E-state index in [9.17, 15) is 9.59 Å². The maximum Gasteiger partial charge on any atom is 0.256 e. The van der Waals surface area contributed by atoms with E-state index in [-0.39, 0.29) is 11.8 Å². The second-order valence-electron chi connectivity index (χ2n) is 6.68. The van der Waals surface area contributed by atoms with Gasteiger partial charge in [-0.1, -0.05) is 19.4 Å². The molecule has 2 aromatic rings. The maximum atomic E-state index is 12.8. The minimum Gasteiger partial charge on any atom is -0.494 e. The highest BCUT2D eigenvalue weighted by Gasteiger charge is 2.26. The standard InChI is InChI=1S/C21H26N2O3S/c1-3-4-12-26-15-9-7-8-14(13-15)19(24)23-21-18(20(25)22-2)16-10-5-6-11-17(16)27-21/h7-9,13H,3-6,10-12H2,1-2H3,(H,22,25)(H,23,24). The Hall–Kier alpha value is -2.34. The number of benzene rings is 1. The van der Waals surface area contributed by atoms with Crippen LogP contribution >= 0.6 is 11.3 Å². The highest BCUT2D eigenvalue weighted by Crippen LogP contribution is 2.38. The number of anilines is 1. The number of rotatable bonds is 7. The normalized spacial score (nSPS) is 13.0. The zero-order chi connectivity index (χ0) is 19.2. The number of hydrogen-bond donors (Lipinski definition) is 2. The first-order chi connectivity index (χ1) is 13.1. The van der Waals surface area contributed by atoms with Crippen LogP contribution in [0.5, 0.6) is 5.75 Å². The largest absolute Gasteiger partial charge is 0.494 e. The number of ether oxygens (including phenoxy) is 1. The molecular weight excluding hydrogens is 360 g/mol. The van der Waals surface area contributed by atoms with Crippen LogP contribution in [0.1, 0.15) is 63.8 Å². The van der Waals surface area contributed by atoms with E-state index in [1.54, 1.807) is 19.2 Å². The molecule has 0 atom stereocenters. The van der Waals surface area contributed by atoms with Crippen LogP contribution < -0.4 is 15.4 Å². The van der Waals surface area contributed by atoms with Crippen LogP contribution in [-0.2, 0) is 12.8 Å². The predicted molar refractivity (Wildman–Crippen MR) is 109 cm³/mol. The van der Waals surface area contributed by atoms with E-state index in [1.165, 1.54) is 16.2 Å². The van der Waals surface area contributed by atoms with Crippen LogP contribution in [0.4, 0.5) is 5.00 Å². The molecule has 1 aromatic heterocycles. The molecule has 3 rings (SSSR count). The Morgan fingerprint density at radius 3 is 2.78 bits per heavy atom. The third kappa shape index (κ3) is 4.50. The Balaban J connectivity index is 1.81. The minimum absolute atomic E-state index is 0.138. The molecule has 6 heteroatoms. The van der Waals surface area contributed by atoms with Gasteiger partial charge in [-0.25, -0.2) is 0 Å². The molecule has 2 N–H and O–H groups in total. The molecule has 27 heavy (non-hydrogen) atoms. The van der Waals surface area contributed by atoms with Crippen LogP contribution in [0.25, 0.3) is 0 Å². The van der Waals surface area contributed by atoms with Crippen LogP contribution in [0.3, 0.4) is 0 Å². The number of thiophene rings is 1. The van der Waals surface area contributed by atoms with Crippen LogP contribution in [0.2, 0.25) is 0 Å². The lowest BCUT2D eigenvalue weighted by molar-refractivity contribution is 0.0963. The fourth-order valence-electron chi connectivity index (χ4n) is 3.26. The Kier molecular flexibility index (Phi) is 6.50. The SMILES string of the molecule is CCCCOc1cccc(C(=O)Nc2sc3c(c2C(=O)NC)CCCC3)c1. The summed E-state index contributed by atoms with van der Waals surface area (Å²) in [6.45, 7) is 2.75. The Morgan fingerprint density at radius 2 is 2.00 bits per heavy atom. The molecule has 0 unspecified atom stereocenters. The van der Waals surface area contributed by atoms with Gasteiger partial charge < -0.3 is 15.4 Å². The van der Waals surface area contributed by atoms with E-state index in [2.05, 4.69) is 17.6 Å². The number of aryl methyl sites for hydroxylation is 1. The molecule has 0 spiro atoms. The molecule has 144 valence electrons. The number of amides is 2. The van der Waals surface area contributed by atoms with E-state index < -0.39 is 0 Å². The molecule has 2 amide bonds. The summed E-state index contributed by atoms with van der Waals surface area (Å²) in [4.78, 5) is 26.4. The molecule has 1 heterocycles. The van der Waals surface area contributed by atoms with Gasteiger partial charge in [-0.2, -0.15) is 0 Å². The quantitative estimate of drug-likeness (QED) is 0.692. The summed E-state index contributed by atoms with van der Waals surface area (Å²) in [5.41, 5.74) is 2.25. The number of carbonyl (C=O) groups excluding carboxylic acids is 2. The van der Waals surface area contributed by atoms with E-state index in [0.29, 0.717) is 28.5 Å². The second-order valence-corrected chi connectivity index (χ2v) is 7.78. The molecule has 0 aliphatic heterocycles. The van der Waals surface area contributed by atoms with Gasteiger partial charge in [0.1, 0.15) is 10.8 Å². The van der Waals surface area contributed by atoms with Gasteiger partial charge in [-0.15, -0.1) is 11.3 Å². The van der Waals surface area contributed by atoms with E-state index >= 15 is 0 Å². The van der Waals surface area contributed by atoms with Gasteiger partial charge in [0, 0.05) is 17.5 Å². The van der Waals surface area contributed by atoms with E-state index in [1.807, 2.05) is 12.1 Å². The molecule has 1 aromatic carbocycles. The molecule has 0 fully saturated rings. The van der Waals surface area contributed by atoms with Crippen LogP contribution in [0.15, 0.2) is 24.3 Å². The highest BCUT2D eigenvalue weighted by atomic mass is 32.1. The van der Waals surface area contributed by atoms with Gasteiger partial charge in [-0.05, 0) is 55.9 Å². The monoisotopic (exact) mass is 386 g/mol. The van der Waals surface area contributed by atoms with Gasteiger partial charge in [-0.3, -0.25) is 9.59 Å². The minimum atomic E-state index is -0.223. The molecule has 0 saturated carbocycles. The van der Waals surface area contributed by atoms with Crippen LogP contribution in [0, 0.1) is 0 Å². The van der Waals surface area contributed by atoms with Crippen molar-refractivity contribution in [3.05, 3.63) is 45.8 Å². The molecule has 1 aliphatic carbocycles. The maximum absolute atomic E-state index is 12.8. The van der Waals surface area contributed by atoms with Crippen molar-refractivity contribution in [1.29, 1.82) is 0 Å². The van der Waals surface area contributed by atoms with Crippen molar-refractivity contribution >= 4 is 28.2 Å². The lowest BCUT2D eigenvalue weighted by Crippen LogP contribution is -2.22. The summed E-state index contributed by atoms with van der Waals surface area (Å²) in [7, 11) is 1.62. The van der Waals surface area contributed by atoms with Crippen molar-refractivity contribution in [2.24, 2.45) is 0 Å². The number of nitrogens with one attached hydrogen (secondary N) is 2. The Labute approximate surface area is 164 Å². The van der Waals surface area contributed by atoms with E-state index in [0.717, 1.165) is 44.1 Å². The Morgan fingerprint density at radius 1 is 1.19 bits per heavy atom. The van der Waals surface area contributed by atoms with E-state index in [4.69, 9.17) is 4.74 Å². The molecule has 5 nitrogen and oxygen atoms in total. The number of fused-ring (bicyclic) bond motifs is 1. The Bertz CT molecular complexity index is 829. The molecule has 0 radical (unpaired) electrons. The molecule has 0 bridgehead atoms. The fraction of sp³-hybridized carbons (Fsp3) is 0.429. The van der Waals surface area contributed by atoms with Crippen molar-refractivity contribution in [1.82, 2.24) is 5.32 Å². The number of carbonyl (C=O) groups is 2. The zero-order valence-corrected chi connectivity index (χ0v) is 16.7. The average molecular weight is 387 g/mol. The van der Waals surface area contributed by atoms with Crippen LogP contribution in [-0.4, -0.2) is 25.5 Å². The second kappa shape index (κ2) is 9.04. The summed E-state index contributed by atoms with van der Waals surface area (Å²) >= 11 is 1.53. The molecular formula is C21H26N2O3S. The van der Waals surface area contributed by atoms with Crippen molar-refractivity contribution in [3.63, 3.8) is 0 Å². The number of hydrogen-bond acceptors (Lipinski definition) is 4. The van der Waals surface area contributed by atoms with Crippen molar-refractivity contribution in [2.45, 2.75) is 45.4 Å². The average Bonchev–Trinajstić information content (AvgIpc) is 3.05. The third-order valence-electron chi connectivity index (χ3n) is 4.72. The predicted octanol–water partition coefficient (Wildman–Crippen LogP) is 4.42. The summed E-state index contributed by atoms with van der Waals surface area (Å²) < 4.78 is 5.69. The van der Waals surface area contributed by atoms with Gasteiger partial charge >= 0.3 is 0 Å². The summed E-state index contributed by atoms with van der Waals surface area (Å²) in [6, 6.07) is 7.18. The third-order valence-corrected chi connectivity index (χ3v) is 5.92. The zero-order valence-electron chi connectivity index (χ0n) is 15.9. The van der Waals surface area contributed by atoms with Crippen molar-refractivity contribution in [3.8, 4) is 5.75 Å². The molecule has 1 aliphatic rings. The van der Waals surface area contributed by atoms with Gasteiger partial charge in [0.25, 0.3) is 11.8 Å². The summed E-state index contributed by atoms with van der Waals surface area (Å²) in [6.07, 6.45) is 6.12. The fourth-order valence-corrected chi connectivity index (χ4v) is 4.54. The lowest BCUT2D eigenvalue weighted by atomic mass is 9.95. The lowest BCUT2D eigenvalue weighted by Gasteiger charge is -2.12. The highest BCUT2D eigenvalue weighted by molar-refractivity contribution is 7.17. The van der Waals surface area contributed by atoms with Gasteiger partial charge in [0.05, 0.1) is 12.2 Å². The smallest absolute Gasteiger partial charge is 0.256 e. The topological polar surface area (TPSA) is 67.4 Å². The first-order valence-electron chi connectivity index (χ1n) is 9.54. The molecule has 0 saturated heterocycles. The van der Waals surface area contributed by atoms with Gasteiger partial charge in [0.15, 0.2) is 0 Å². The first kappa shape index (κ1) is 19.4. The summed E-state index contributed by atoms with van der Waals surface area (Å²) in [5.74, 6) is 0.328. The van der Waals surface area contributed by atoms with Crippen molar-refractivity contribution in [2.75, 3.05) is 19.0 Å². The van der Waals surface area contributed by atoms with Crippen molar-refractivity contribution < 1.29 is 14.3 Å².